The first-order chi connectivity index (χ1) is 7.03. The van der Waals surface area contributed by atoms with E-state index in [0.29, 0.717) is 0 Å². The fourth-order valence-electron chi connectivity index (χ4n) is 1.57. The molecule has 0 aromatic heterocycles. The highest BCUT2D eigenvalue weighted by atomic mass is 127. The first kappa shape index (κ1) is 14.5. The molecule has 0 spiro atoms. The largest absolute Gasteiger partial charge is 0.0561 e. The van der Waals surface area contributed by atoms with Gasteiger partial charge in [0.1, 0.15) is 0 Å². The summed E-state index contributed by atoms with van der Waals surface area (Å²) in [6.07, 6.45) is 0. The molecular weight excluding hydrogens is 375 g/mol. The Balaban J connectivity index is 3.46. The van der Waals surface area contributed by atoms with Crippen LogP contribution in [0.1, 0.15) is 52.7 Å². The molecule has 0 radical (unpaired) electrons. The van der Waals surface area contributed by atoms with E-state index in [4.69, 9.17) is 0 Å². The molecule has 1 rings (SSSR count). The lowest BCUT2D eigenvalue weighted by Crippen LogP contribution is -2.17. The van der Waals surface area contributed by atoms with Gasteiger partial charge in [0.05, 0.1) is 0 Å². The first-order valence-electron chi connectivity index (χ1n) is 5.53. The van der Waals surface area contributed by atoms with Crippen LogP contribution in [0.2, 0.25) is 0 Å². The molecule has 0 atom stereocenters. The van der Waals surface area contributed by atoms with Gasteiger partial charge in [0.25, 0.3) is 0 Å². The lowest BCUT2D eigenvalue weighted by molar-refractivity contribution is 0.565. The number of halogens is 2. The summed E-state index contributed by atoms with van der Waals surface area (Å²) in [4.78, 5) is 0. The maximum absolute atomic E-state index is 3.71. The van der Waals surface area contributed by atoms with Crippen LogP contribution in [0.5, 0.6) is 0 Å². The Hall–Kier alpha value is 0.430. The van der Waals surface area contributed by atoms with Crippen molar-refractivity contribution in [3.05, 3.63) is 31.3 Å². The smallest absolute Gasteiger partial charge is 0.0346 e. The zero-order valence-electron chi connectivity index (χ0n) is 10.9. The topological polar surface area (TPSA) is 0 Å². The molecule has 0 aliphatic heterocycles. The van der Waals surface area contributed by atoms with Crippen LogP contribution in [0, 0.1) is 3.57 Å². The summed E-state index contributed by atoms with van der Waals surface area (Å²) in [6, 6.07) is 4.62. The standard InChI is InChI=1S/C14H20BrI/c1-13(2,3)9-7-10(14(4,5)6)12(15)11(16)8-9/h7-8H,1-6H3. The highest BCUT2D eigenvalue weighted by molar-refractivity contribution is 14.1. The van der Waals surface area contributed by atoms with Crippen molar-refractivity contribution in [2.24, 2.45) is 0 Å². The molecular formula is C14H20BrI. The summed E-state index contributed by atoms with van der Waals surface area (Å²) in [7, 11) is 0. The zero-order chi connectivity index (χ0) is 12.7. The molecule has 0 amide bonds. The zero-order valence-corrected chi connectivity index (χ0v) is 14.7. The fourth-order valence-corrected chi connectivity index (χ4v) is 3.02. The molecule has 16 heavy (non-hydrogen) atoms. The van der Waals surface area contributed by atoms with Crippen molar-refractivity contribution in [1.82, 2.24) is 0 Å². The van der Waals surface area contributed by atoms with Gasteiger partial charge in [-0.1, -0.05) is 47.6 Å². The SMILES string of the molecule is CC(C)(C)c1cc(I)c(Br)c(C(C)(C)C)c1. The Labute approximate surface area is 121 Å². The van der Waals surface area contributed by atoms with Crippen molar-refractivity contribution in [2.45, 2.75) is 52.4 Å². The van der Waals surface area contributed by atoms with Gasteiger partial charge in [-0.05, 0) is 66.5 Å². The molecule has 0 fully saturated rings. The molecule has 2 heteroatoms. The molecule has 0 aliphatic carbocycles. The van der Waals surface area contributed by atoms with Gasteiger partial charge in [0.15, 0.2) is 0 Å². The van der Waals surface area contributed by atoms with E-state index < -0.39 is 0 Å². The Morgan fingerprint density at radius 1 is 0.938 bits per heavy atom. The lowest BCUT2D eigenvalue weighted by atomic mass is 9.81. The van der Waals surface area contributed by atoms with Gasteiger partial charge in [-0.2, -0.15) is 0 Å². The van der Waals surface area contributed by atoms with Crippen LogP contribution in [-0.2, 0) is 10.8 Å². The third-order valence-corrected chi connectivity index (χ3v) is 5.15. The highest BCUT2D eigenvalue weighted by Crippen LogP contribution is 2.37. The molecule has 0 bridgehead atoms. The summed E-state index contributed by atoms with van der Waals surface area (Å²) in [5.41, 5.74) is 3.19. The summed E-state index contributed by atoms with van der Waals surface area (Å²) in [6.45, 7) is 13.6. The highest BCUT2D eigenvalue weighted by Gasteiger charge is 2.23. The van der Waals surface area contributed by atoms with Crippen LogP contribution >= 0.6 is 38.5 Å². The lowest BCUT2D eigenvalue weighted by Gasteiger charge is -2.27. The molecule has 0 nitrogen and oxygen atoms in total. The van der Waals surface area contributed by atoms with Gasteiger partial charge >= 0.3 is 0 Å². The predicted molar refractivity (Wildman–Crippen MR) is 84.3 cm³/mol. The second kappa shape index (κ2) is 4.60. The molecule has 0 heterocycles. The Morgan fingerprint density at radius 3 is 1.81 bits per heavy atom. The quantitative estimate of drug-likeness (QED) is 0.499. The van der Waals surface area contributed by atoms with Gasteiger partial charge in [-0.3, -0.25) is 0 Å². The second-order valence-electron chi connectivity index (χ2n) is 6.32. The van der Waals surface area contributed by atoms with E-state index >= 15 is 0 Å². The van der Waals surface area contributed by atoms with E-state index in [9.17, 15) is 0 Å². The van der Waals surface area contributed by atoms with E-state index in [1.165, 1.54) is 19.2 Å². The maximum Gasteiger partial charge on any atom is 0.0346 e. The molecule has 1 aromatic carbocycles. The molecule has 0 saturated carbocycles. The molecule has 90 valence electrons. The Kier molecular flexibility index (Phi) is 4.17. The third-order valence-electron chi connectivity index (χ3n) is 2.70. The van der Waals surface area contributed by atoms with Crippen molar-refractivity contribution >= 4 is 38.5 Å². The fraction of sp³-hybridized carbons (Fsp3) is 0.571. The Bertz CT molecular complexity index is 394. The van der Waals surface area contributed by atoms with E-state index in [1.807, 2.05) is 0 Å². The van der Waals surface area contributed by atoms with Crippen molar-refractivity contribution in [2.75, 3.05) is 0 Å². The van der Waals surface area contributed by atoms with Crippen molar-refractivity contribution < 1.29 is 0 Å². The summed E-state index contributed by atoms with van der Waals surface area (Å²) >= 11 is 6.12. The summed E-state index contributed by atoms with van der Waals surface area (Å²) in [5.74, 6) is 0. The van der Waals surface area contributed by atoms with E-state index in [2.05, 4.69) is 92.2 Å². The van der Waals surface area contributed by atoms with Gasteiger partial charge in [0.2, 0.25) is 0 Å². The van der Waals surface area contributed by atoms with Crippen LogP contribution < -0.4 is 0 Å². The van der Waals surface area contributed by atoms with Gasteiger partial charge in [-0.15, -0.1) is 0 Å². The molecule has 0 N–H and O–H groups in total. The number of rotatable bonds is 0. The van der Waals surface area contributed by atoms with Crippen LogP contribution in [-0.4, -0.2) is 0 Å². The molecule has 0 aliphatic rings. The van der Waals surface area contributed by atoms with Crippen LogP contribution in [0.3, 0.4) is 0 Å². The first-order valence-corrected chi connectivity index (χ1v) is 7.40. The monoisotopic (exact) mass is 394 g/mol. The minimum Gasteiger partial charge on any atom is -0.0561 e. The third kappa shape index (κ3) is 3.22. The normalized spacial score (nSPS) is 13.0. The van der Waals surface area contributed by atoms with Crippen LogP contribution in [0.25, 0.3) is 0 Å². The van der Waals surface area contributed by atoms with Crippen molar-refractivity contribution in [3.8, 4) is 0 Å². The van der Waals surface area contributed by atoms with Crippen molar-refractivity contribution in [3.63, 3.8) is 0 Å². The molecule has 0 saturated heterocycles. The average Bonchev–Trinajstić information content (AvgIpc) is 2.05. The minimum absolute atomic E-state index is 0.181. The van der Waals surface area contributed by atoms with E-state index in [-0.39, 0.29) is 10.8 Å². The number of hydrogen-bond acceptors (Lipinski definition) is 0. The number of hydrogen-bond donors (Lipinski definition) is 0. The van der Waals surface area contributed by atoms with Gasteiger partial charge in [-0.25, -0.2) is 0 Å². The average molecular weight is 395 g/mol. The van der Waals surface area contributed by atoms with E-state index in [0.717, 1.165) is 0 Å². The minimum atomic E-state index is 0.181. The maximum atomic E-state index is 3.71. The Morgan fingerprint density at radius 2 is 1.44 bits per heavy atom. The van der Waals surface area contributed by atoms with Gasteiger partial charge < -0.3 is 0 Å². The second-order valence-corrected chi connectivity index (χ2v) is 8.27. The van der Waals surface area contributed by atoms with Crippen LogP contribution in [0.15, 0.2) is 16.6 Å². The summed E-state index contributed by atoms with van der Waals surface area (Å²) < 4.78 is 2.54. The molecule has 1 aromatic rings. The van der Waals surface area contributed by atoms with E-state index in [1.54, 1.807) is 0 Å². The van der Waals surface area contributed by atoms with Gasteiger partial charge in [0, 0.05) is 8.04 Å². The number of benzene rings is 1. The van der Waals surface area contributed by atoms with Crippen molar-refractivity contribution in [1.29, 1.82) is 0 Å². The van der Waals surface area contributed by atoms with Crippen LogP contribution in [0.4, 0.5) is 0 Å². The molecule has 0 unspecified atom stereocenters. The summed E-state index contributed by atoms with van der Waals surface area (Å²) in [5, 5.41) is 0. The predicted octanol–water partition coefficient (Wildman–Crippen LogP) is 5.65.